The van der Waals surface area contributed by atoms with Gasteiger partial charge in [0, 0.05) is 6.08 Å². The summed E-state index contributed by atoms with van der Waals surface area (Å²) in [5, 5.41) is 0. The van der Waals surface area contributed by atoms with Crippen LogP contribution in [0.4, 0.5) is 13.2 Å². The van der Waals surface area contributed by atoms with Crippen LogP contribution >= 0.6 is 0 Å². The van der Waals surface area contributed by atoms with Crippen LogP contribution in [-0.4, -0.2) is 8.42 Å². The summed E-state index contributed by atoms with van der Waals surface area (Å²) in [5.41, 5.74) is -0.0752. The van der Waals surface area contributed by atoms with Crippen molar-refractivity contribution in [2.75, 3.05) is 0 Å². The third-order valence-electron chi connectivity index (χ3n) is 1.94. The van der Waals surface area contributed by atoms with Gasteiger partial charge >= 0.3 is 0 Å². The lowest BCUT2D eigenvalue weighted by Gasteiger charge is -2.05. The van der Waals surface area contributed by atoms with Crippen LogP contribution in [0.5, 0.6) is 0 Å². The number of nitrogens with one attached hydrogen (secondary N) is 1. The Balaban J connectivity index is 3.01. The molecule has 1 atom stereocenters. The first-order valence-electron chi connectivity index (χ1n) is 4.36. The second-order valence-corrected chi connectivity index (χ2v) is 4.76. The number of hydrogen-bond acceptors (Lipinski definition) is 3. The van der Waals surface area contributed by atoms with Crippen LogP contribution < -0.4 is 10.7 Å². The van der Waals surface area contributed by atoms with Gasteiger partial charge in [0.15, 0.2) is 0 Å². The molecule has 0 aromatic heterocycles. The molecule has 1 aromatic rings. The van der Waals surface area contributed by atoms with Gasteiger partial charge in [-0.15, -0.1) is 0 Å². The molecule has 0 aliphatic rings. The zero-order valence-corrected chi connectivity index (χ0v) is 9.22. The minimum Gasteiger partial charge on any atom is -0.257 e. The molecule has 0 heterocycles. The minimum absolute atomic E-state index is 0.0752. The van der Waals surface area contributed by atoms with Crippen molar-refractivity contribution >= 4 is 10.0 Å². The van der Waals surface area contributed by atoms with Crippen molar-refractivity contribution in [3.8, 4) is 0 Å². The van der Waals surface area contributed by atoms with Crippen LogP contribution in [0.25, 0.3) is 0 Å². The van der Waals surface area contributed by atoms with E-state index in [-0.39, 0.29) is 16.5 Å². The third kappa shape index (κ3) is 3.55. The highest BCUT2D eigenvalue weighted by atomic mass is 32.2. The summed E-state index contributed by atoms with van der Waals surface area (Å²) < 4.78 is 59.1. The highest BCUT2D eigenvalue weighted by Crippen LogP contribution is 2.22. The van der Waals surface area contributed by atoms with E-state index in [1.54, 1.807) is 4.83 Å². The van der Waals surface area contributed by atoms with Gasteiger partial charge in [0.05, 0.1) is 4.90 Å². The second-order valence-electron chi connectivity index (χ2n) is 3.05. The first kappa shape index (κ1) is 13.7. The standard InChI is InChI=1S/C9H9F3N2O2S/c10-8(5-9(11)12)6-1-3-7(4-2-6)17(15,16)14-13/h1-5,8,14H,13H2. The molecule has 3 N–H and O–H groups in total. The van der Waals surface area contributed by atoms with E-state index in [0.29, 0.717) is 0 Å². The topological polar surface area (TPSA) is 72.2 Å². The average Bonchev–Trinajstić information content (AvgIpc) is 2.28. The number of sulfonamides is 1. The van der Waals surface area contributed by atoms with Gasteiger partial charge in [-0.1, -0.05) is 12.1 Å². The number of benzene rings is 1. The summed E-state index contributed by atoms with van der Waals surface area (Å²) in [6, 6.07) is 4.32. The van der Waals surface area contributed by atoms with Crippen LogP contribution in [-0.2, 0) is 10.0 Å². The Morgan fingerprint density at radius 1 is 1.29 bits per heavy atom. The third-order valence-corrected chi connectivity index (χ3v) is 3.14. The Bertz CT molecular complexity index is 510. The van der Waals surface area contributed by atoms with Gasteiger partial charge in [-0.2, -0.15) is 13.6 Å². The maximum Gasteiger partial charge on any atom is 0.269 e. The number of nitrogens with two attached hydrogens (primary N) is 1. The van der Waals surface area contributed by atoms with Crippen LogP contribution in [0, 0.1) is 0 Å². The summed E-state index contributed by atoms with van der Waals surface area (Å²) in [6.07, 6.45) is -3.99. The molecule has 0 radical (unpaired) electrons. The predicted octanol–water partition coefficient (Wildman–Crippen LogP) is 1.63. The van der Waals surface area contributed by atoms with E-state index in [1.165, 1.54) is 0 Å². The van der Waals surface area contributed by atoms with Gasteiger partial charge in [-0.05, 0) is 17.7 Å². The van der Waals surface area contributed by atoms with Gasteiger partial charge in [0.25, 0.3) is 16.1 Å². The van der Waals surface area contributed by atoms with E-state index in [0.717, 1.165) is 24.3 Å². The number of hydrazine groups is 1. The molecular formula is C9H9F3N2O2S. The number of allylic oxidation sites excluding steroid dienone is 1. The van der Waals surface area contributed by atoms with Crippen molar-refractivity contribution < 1.29 is 21.6 Å². The number of alkyl halides is 1. The Morgan fingerprint density at radius 2 is 1.82 bits per heavy atom. The van der Waals surface area contributed by atoms with Crippen LogP contribution in [0.1, 0.15) is 11.7 Å². The average molecular weight is 266 g/mol. The molecule has 1 rings (SSSR count). The molecule has 0 fully saturated rings. The fraction of sp³-hybridized carbons (Fsp3) is 0.111. The van der Waals surface area contributed by atoms with E-state index in [9.17, 15) is 21.6 Å². The molecule has 17 heavy (non-hydrogen) atoms. The lowest BCUT2D eigenvalue weighted by molar-refractivity contribution is 0.367. The largest absolute Gasteiger partial charge is 0.269 e. The van der Waals surface area contributed by atoms with Crippen LogP contribution in [0.2, 0.25) is 0 Å². The van der Waals surface area contributed by atoms with Gasteiger partial charge in [-0.3, -0.25) is 5.84 Å². The minimum atomic E-state index is -3.82. The Morgan fingerprint density at radius 3 is 2.24 bits per heavy atom. The number of hydrogen-bond donors (Lipinski definition) is 2. The summed E-state index contributed by atoms with van der Waals surface area (Å²) in [6.45, 7) is 0. The van der Waals surface area contributed by atoms with Crippen LogP contribution in [0.15, 0.2) is 41.3 Å². The summed E-state index contributed by atoms with van der Waals surface area (Å²) in [4.78, 5) is 1.41. The molecule has 0 aliphatic carbocycles. The highest BCUT2D eigenvalue weighted by Gasteiger charge is 2.13. The van der Waals surface area contributed by atoms with Crippen molar-refractivity contribution in [1.82, 2.24) is 4.83 Å². The van der Waals surface area contributed by atoms with Gasteiger partial charge < -0.3 is 0 Å². The van der Waals surface area contributed by atoms with Crippen molar-refractivity contribution in [2.45, 2.75) is 11.1 Å². The smallest absolute Gasteiger partial charge is 0.257 e. The fourth-order valence-electron chi connectivity index (χ4n) is 1.11. The second kappa shape index (κ2) is 5.30. The van der Waals surface area contributed by atoms with E-state index in [4.69, 9.17) is 5.84 Å². The van der Waals surface area contributed by atoms with E-state index >= 15 is 0 Å². The van der Waals surface area contributed by atoms with Crippen molar-refractivity contribution in [3.63, 3.8) is 0 Å². The predicted molar refractivity (Wildman–Crippen MR) is 55.1 cm³/mol. The monoisotopic (exact) mass is 266 g/mol. The Hall–Kier alpha value is -1.38. The molecule has 4 nitrogen and oxygen atoms in total. The molecule has 1 unspecified atom stereocenters. The molecule has 94 valence electrons. The summed E-state index contributed by atoms with van der Waals surface area (Å²) in [5.74, 6) is 4.78. The first-order valence-corrected chi connectivity index (χ1v) is 5.84. The molecular weight excluding hydrogens is 257 g/mol. The van der Waals surface area contributed by atoms with E-state index in [1.807, 2.05) is 0 Å². The van der Waals surface area contributed by atoms with Gasteiger partial charge in [0.1, 0.15) is 6.17 Å². The molecule has 0 saturated carbocycles. The van der Waals surface area contributed by atoms with Crippen molar-refractivity contribution in [1.29, 1.82) is 0 Å². The number of halogens is 3. The molecule has 0 spiro atoms. The molecule has 1 aromatic carbocycles. The summed E-state index contributed by atoms with van der Waals surface area (Å²) >= 11 is 0. The molecule has 0 amide bonds. The SMILES string of the molecule is NNS(=O)(=O)c1ccc(C(F)C=C(F)F)cc1. The van der Waals surface area contributed by atoms with Crippen LogP contribution in [0.3, 0.4) is 0 Å². The van der Waals surface area contributed by atoms with Crippen molar-refractivity contribution in [3.05, 3.63) is 42.0 Å². The highest BCUT2D eigenvalue weighted by molar-refractivity contribution is 7.89. The molecule has 0 aliphatic heterocycles. The maximum atomic E-state index is 13.1. The van der Waals surface area contributed by atoms with Gasteiger partial charge in [-0.25, -0.2) is 12.8 Å². The fourth-order valence-corrected chi connectivity index (χ4v) is 1.74. The Labute approximate surface area is 96.0 Å². The van der Waals surface area contributed by atoms with E-state index in [2.05, 4.69) is 0 Å². The Kier molecular flexibility index (Phi) is 4.27. The zero-order chi connectivity index (χ0) is 13.1. The molecule has 0 saturated heterocycles. The lowest BCUT2D eigenvalue weighted by Crippen LogP contribution is -2.30. The zero-order valence-electron chi connectivity index (χ0n) is 8.40. The summed E-state index contributed by atoms with van der Waals surface area (Å²) in [7, 11) is -3.82. The lowest BCUT2D eigenvalue weighted by atomic mass is 10.1. The molecule has 8 heteroatoms. The first-order chi connectivity index (χ1) is 7.86. The van der Waals surface area contributed by atoms with E-state index < -0.39 is 22.3 Å². The maximum absolute atomic E-state index is 13.1. The number of rotatable bonds is 4. The quantitative estimate of drug-likeness (QED) is 0.642. The molecule has 0 bridgehead atoms. The van der Waals surface area contributed by atoms with Crippen molar-refractivity contribution in [2.24, 2.45) is 5.84 Å². The normalized spacial score (nSPS) is 13.2. The van der Waals surface area contributed by atoms with Gasteiger partial charge in [0.2, 0.25) is 0 Å².